The number of benzene rings is 2. The van der Waals surface area contributed by atoms with Gasteiger partial charge in [-0.15, -0.1) is 0 Å². The van der Waals surface area contributed by atoms with Crippen molar-refractivity contribution in [3.63, 3.8) is 0 Å². The third-order valence-electron chi connectivity index (χ3n) is 2.56. The number of halogens is 5. The lowest BCUT2D eigenvalue weighted by Crippen LogP contribution is -2.05. The Kier molecular flexibility index (Phi) is 3.76. The molecule has 3 N–H and O–H groups in total. The van der Waals surface area contributed by atoms with Crippen LogP contribution >= 0.6 is 11.6 Å². The summed E-state index contributed by atoms with van der Waals surface area (Å²) in [6.07, 6.45) is -4.45. The molecule has 0 spiro atoms. The monoisotopic (exact) mass is 304 g/mol. The summed E-state index contributed by atoms with van der Waals surface area (Å²) < 4.78 is 51.0. The maximum atomic E-state index is 13.3. The summed E-state index contributed by atoms with van der Waals surface area (Å²) in [5, 5.41) is 2.47. The molecule has 0 unspecified atom stereocenters. The van der Waals surface area contributed by atoms with E-state index in [4.69, 9.17) is 17.3 Å². The van der Waals surface area contributed by atoms with Crippen LogP contribution < -0.4 is 11.1 Å². The van der Waals surface area contributed by atoms with Crippen molar-refractivity contribution in [2.24, 2.45) is 0 Å². The van der Waals surface area contributed by atoms with Gasteiger partial charge in [-0.1, -0.05) is 17.7 Å². The highest BCUT2D eigenvalue weighted by molar-refractivity contribution is 6.31. The normalized spacial score (nSPS) is 11.4. The van der Waals surface area contributed by atoms with Crippen molar-refractivity contribution in [2.75, 3.05) is 11.1 Å². The summed E-state index contributed by atoms with van der Waals surface area (Å²) in [6, 6.07) is 6.72. The Morgan fingerprint density at radius 1 is 1.10 bits per heavy atom. The van der Waals surface area contributed by atoms with Crippen LogP contribution in [0.4, 0.5) is 34.6 Å². The van der Waals surface area contributed by atoms with Gasteiger partial charge in [-0.25, -0.2) is 4.39 Å². The van der Waals surface area contributed by atoms with Crippen molar-refractivity contribution in [3.8, 4) is 0 Å². The standard InChI is InChI=1S/C13H9ClF4N2/c14-9-5-11(19)12(6-10(9)15)20-8-3-1-2-7(4-8)13(16,17)18/h1-6,20H,19H2. The van der Waals surface area contributed by atoms with E-state index >= 15 is 0 Å². The number of rotatable bonds is 2. The molecule has 7 heteroatoms. The first kappa shape index (κ1) is 14.5. The second-order valence-electron chi connectivity index (χ2n) is 4.06. The van der Waals surface area contributed by atoms with E-state index in [0.717, 1.165) is 18.2 Å². The van der Waals surface area contributed by atoms with E-state index < -0.39 is 17.6 Å². The molecule has 0 radical (unpaired) electrons. The molecule has 0 bridgehead atoms. The minimum Gasteiger partial charge on any atom is -0.397 e. The first-order valence-electron chi connectivity index (χ1n) is 5.46. The number of nitrogens with one attached hydrogen (secondary N) is 1. The van der Waals surface area contributed by atoms with Crippen LogP contribution in [0.1, 0.15) is 5.56 Å². The van der Waals surface area contributed by atoms with Crippen LogP contribution in [0.2, 0.25) is 5.02 Å². The number of hydrogen-bond donors (Lipinski definition) is 2. The molecule has 2 nitrogen and oxygen atoms in total. The van der Waals surface area contributed by atoms with Gasteiger partial charge in [0.2, 0.25) is 0 Å². The average molecular weight is 305 g/mol. The van der Waals surface area contributed by atoms with Crippen molar-refractivity contribution < 1.29 is 17.6 Å². The molecule has 106 valence electrons. The quantitative estimate of drug-likeness (QED) is 0.616. The van der Waals surface area contributed by atoms with Crippen molar-refractivity contribution in [2.45, 2.75) is 6.18 Å². The van der Waals surface area contributed by atoms with Crippen LogP contribution in [0.25, 0.3) is 0 Å². The minimum absolute atomic E-state index is 0.133. The first-order valence-corrected chi connectivity index (χ1v) is 5.84. The molecule has 2 rings (SSSR count). The topological polar surface area (TPSA) is 38.0 Å². The Bertz CT molecular complexity index is 641. The van der Waals surface area contributed by atoms with Crippen LogP contribution in [0.5, 0.6) is 0 Å². The molecule has 0 aliphatic carbocycles. The van der Waals surface area contributed by atoms with E-state index in [1.807, 2.05) is 0 Å². The number of nitrogens with two attached hydrogens (primary N) is 1. The summed E-state index contributed by atoms with van der Waals surface area (Å²) in [7, 11) is 0. The van der Waals surface area contributed by atoms with E-state index in [1.165, 1.54) is 18.2 Å². The van der Waals surface area contributed by atoms with Gasteiger partial charge in [0.15, 0.2) is 0 Å². The third-order valence-corrected chi connectivity index (χ3v) is 2.85. The Labute approximate surface area is 117 Å². The predicted octanol–water partition coefficient (Wildman–Crippen LogP) is 4.82. The molecule has 0 amide bonds. The maximum absolute atomic E-state index is 13.3. The third kappa shape index (κ3) is 3.14. The van der Waals surface area contributed by atoms with E-state index in [0.29, 0.717) is 0 Å². The smallest absolute Gasteiger partial charge is 0.397 e. The molecule has 0 aromatic heterocycles. The Morgan fingerprint density at radius 3 is 2.45 bits per heavy atom. The number of nitrogen functional groups attached to an aromatic ring is 1. The van der Waals surface area contributed by atoms with E-state index in [1.54, 1.807) is 0 Å². The molecular formula is C13H9ClF4N2. The highest BCUT2D eigenvalue weighted by Gasteiger charge is 2.30. The summed E-state index contributed by atoms with van der Waals surface area (Å²) >= 11 is 5.54. The fraction of sp³-hybridized carbons (Fsp3) is 0.0769. The van der Waals surface area contributed by atoms with Gasteiger partial charge in [0.1, 0.15) is 5.82 Å². The van der Waals surface area contributed by atoms with Crippen LogP contribution in [0.3, 0.4) is 0 Å². The van der Waals surface area contributed by atoms with Crippen molar-refractivity contribution >= 4 is 28.7 Å². The fourth-order valence-electron chi connectivity index (χ4n) is 1.60. The molecule has 20 heavy (non-hydrogen) atoms. The summed E-state index contributed by atoms with van der Waals surface area (Å²) in [5.74, 6) is -0.713. The van der Waals surface area contributed by atoms with Crippen LogP contribution in [-0.4, -0.2) is 0 Å². The van der Waals surface area contributed by atoms with E-state index in [-0.39, 0.29) is 22.1 Å². The Hall–Kier alpha value is -1.95. The number of alkyl halides is 3. The zero-order valence-electron chi connectivity index (χ0n) is 9.93. The maximum Gasteiger partial charge on any atom is 0.416 e. The van der Waals surface area contributed by atoms with Gasteiger partial charge in [0, 0.05) is 11.8 Å². The van der Waals surface area contributed by atoms with E-state index in [9.17, 15) is 17.6 Å². The second-order valence-corrected chi connectivity index (χ2v) is 4.46. The zero-order chi connectivity index (χ0) is 14.9. The molecule has 0 atom stereocenters. The van der Waals surface area contributed by atoms with Crippen LogP contribution in [0.15, 0.2) is 36.4 Å². The summed E-state index contributed by atoms with van der Waals surface area (Å²) in [6.45, 7) is 0. The molecule has 0 saturated carbocycles. The van der Waals surface area contributed by atoms with Crippen LogP contribution in [0, 0.1) is 5.82 Å². The Morgan fingerprint density at radius 2 is 1.80 bits per heavy atom. The molecule has 0 aliphatic heterocycles. The molecule has 0 heterocycles. The van der Waals surface area contributed by atoms with Gasteiger partial charge in [-0.2, -0.15) is 13.2 Å². The van der Waals surface area contributed by atoms with Crippen molar-refractivity contribution in [3.05, 3.63) is 52.8 Å². The molecule has 0 aliphatic rings. The lowest BCUT2D eigenvalue weighted by Gasteiger charge is -2.12. The van der Waals surface area contributed by atoms with Gasteiger partial charge >= 0.3 is 6.18 Å². The second kappa shape index (κ2) is 5.20. The lowest BCUT2D eigenvalue weighted by atomic mass is 10.2. The van der Waals surface area contributed by atoms with Gasteiger partial charge in [0.25, 0.3) is 0 Å². The van der Waals surface area contributed by atoms with Gasteiger partial charge in [0.05, 0.1) is 22.0 Å². The first-order chi connectivity index (χ1) is 9.27. The van der Waals surface area contributed by atoms with Crippen molar-refractivity contribution in [1.29, 1.82) is 0 Å². The van der Waals surface area contributed by atoms with Crippen molar-refractivity contribution in [1.82, 2.24) is 0 Å². The SMILES string of the molecule is Nc1cc(Cl)c(F)cc1Nc1cccc(C(F)(F)F)c1. The summed E-state index contributed by atoms with van der Waals surface area (Å²) in [4.78, 5) is 0. The van der Waals surface area contributed by atoms with E-state index in [2.05, 4.69) is 5.32 Å². The van der Waals surface area contributed by atoms with Crippen LogP contribution in [-0.2, 0) is 6.18 Å². The minimum atomic E-state index is -4.45. The Balaban J connectivity index is 2.33. The molecule has 0 fully saturated rings. The predicted molar refractivity (Wildman–Crippen MR) is 70.5 cm³/mol. The number of anilines is 3. The molecule has 0 saturated heterocycles. The molecule has 2 aromatic carbocycles. The highest BCUT2D eigenvalue weighted by Crippen LogP contribution is 2.33. The van der Waals surface area contributed by atoms with Gasteiger partial charge < -0.3 is 11.1 Å². The van der Waals surface area contributed by atoms with Gasteiger partial charge in [-0.05, 0) is 24.3 Å². The number of hydrogen-bond acceptors (Lipinski definition) is 2. The highest BCUT2D eigenvalue weighted by atomic mass is 35.5. The summed E-state index contributed by atoms with van der Waals surface area (Å²) in [5.41, 5.74) is 5.24. The van der Waals surface area contributed by atoms with Gasteiger partial charge in [-0.3, -0.25) is 0 Å². The lowest BCUT2D eigenvalue weighted by molar-refractivity contribution is -0.137. The fourth-order valence-corrected chi connectivity index (χ4v) is 1.77. The zero-order valence-corrected chi connectivity index (χ0v) is 10.7. The largest absolute Gasteiger partial charge is 0.416 e. The molecular weight excluding hydrogens is 296 g/mol. The average Bonchev–Trinajstić information content (AvgIpc) is 2.35. The molecule has 2 aromatic rings.